The molecule has 33 heavy (non-hydrogen) atoms. The van der Waals surface area contributed by atoms with Crippen molar-refractivity contribution in [2.45, 2.75) is 0 Å². The van der Waals surface area contributed by atoms with Crippen molar-refractivity contribution in [3.63, 3.8) is 0 Å². The lowest BCUT2D eigenvalue weighted by Gasteiger charge is -2.15. The van der Waals surface area contributed by atoms with Crippen LogP contribution in [0.4, 0.5) is 11.4 Å². The fourth-order valence-corrected chi connectivity index (χ4v) is 3.07. The molecule has 2 amide bonds. The van der Waals surface area contributed by atoms with E-state index < -0.39 is 24.4 Å². The van der Waals surface area contributed by atoms with Crippen molar-refractivity contribution in [1.29, 1.82) is 0 Å². The molecule has 9 nitrogen and oxygen atoms in total. The van der Waals surface area contributed by atoms with E-state index in [1.807, 2.05) is 0 Å². The first-order chi connectivity index (χ1) is 15.8. The van der Waals surface area contributed by atoms with Gasteiger partial charge in [0.15, 0.2) is 23.9 Å². The molecule has 11 heteroatoms. The zero-order chi connectivity index (χ0) is 24.0. The number of rotatable bonds is 8. The van der Waals surface area contributed by atoms with E-state index in [1.165, 1.54) is 50.8 Å². The minimum Gasteiger partial charge on any atom is -0.493 e. The molecule has 0 saturated heterocycles. The second kappa shape index (κ2) is 10.8. The van der Waals surface area contributed by atoms with Crippen molar-refractivity contribution in [2.75, 3.05) is 31.5 Å². The van der Waals surface area contributed by atoms with E-state index in [-0.39, 0.29) is 39.2 Å². The van der Waals surface area contributed by atoms with Gasteiger partial charge in [-0.3, -0.25) is 9.59 Å². The molecule has 172 valence electrons. The molecule has 2 aromatic carbocycles. The maximum atomic E-state index is 12.8. The number of anilines is 2. The van der Waals surface area contributed by atoms with Crippen molar-refractivity contribution in [1.82, 2.24) is 0 Å². The Morgan fingerprint density at radius 2 is 1.67 bits per heavy atom. The van der Waals surface area contributed by atoms with Crippen LogP contribution >= 0.6 is 23.2 Å². The number of benzene rings is 2. The lowest BCUT2D eigenvalue weighted by molar-refractivity contribution is -0.119. The van der Waals surface area contributed by atoms with Gasteiger partial charge in [0.1, 0.15) is 0 Å². The van der Waals surface area contributed by atoms with E-state index in [2.05, 4.69) is 10.6 Å². The van der Waals surface area contributed by atoms with Gasteiger partial charge < -0.3 is 29.3 Å². The Kier molecular flexibility index (Phi) is 7.81. The number of hydrogen-bond acceptors (Lipinski definition) is 7. The zero-order valence-electron chi connectivity index (χ0n) is 17.4. The number of halogens is 2. The first-order valence-corrected chi connectivity index (χ1v) is 10.1. The maximum Gasteiger partial charge on any atom is 0.340 e. The molecule has 0 spiro atoms. The normalized spacial score (nSPS) is 10.3. The van der Waals surface area contributed by atoms with E-state index in [9.17, 15) is 14.4 Å². The van der Waals surface area contributed by atoms with Crippen LogP contribution in [0.2, 0.25) is 10.0 Å². The van der Waals surface area contributed by atoms with Crippen LogP contribution in [-0.4, -0.2) is 38.6 Å². The molecule has 0 bridgehead atoms. The summed E-state index contributed by atoms with van der Waals surface area (Å²) in [5.74, 6) is -1.63. The van der Waals surface area contributed by atoms with Gasteiger partial charge in [-0.25, -0.2) is 4.79 Å². The van der Waals surface area contributed by atoms with Gasteiger partial charge in [-0.1, -0.05) is 23.2 Å². The molecule has 3 aromatic rings. The van der Waals surface area contributed by atoms with Crippen LogP contribution in [0, 0.1) is 0 Å². The summed E-state index contributed by atoms with van der Waals surface area (Å²) in [6.07, 6.45) is 1.34. The van der Waals surface area contributed by atoms with Gasteiger partial charge in [0.2, 0.25) is 0 Å². The molecular formula is C22H18Cl2N2O7. The Morgan fingerprint density at radius 1 is 0.939 bits per heavy atom. The molecule has 0 fully saturated rings. The average Bonchev–Trinajstić information content (AvgIpc) is 3.34. The predicted octanol–water partition coefficient (Wildman–Crippen LogP) is 4.65. The number of esters is 1. The molecule has 0 atom stereocenters. The molecule has 0 saturated carbocycles. The largest absolute Gasteiger partial charge is 0.493 e. The molecule has 1 heterocycles. The molecule has 0 radical (unpaired) electrons. The number of ether oxygens (including phenoxy) is 3. The fourth-order valence-electron chi connectivity index (χ4n) is 2.73. The van der Waals surface area contributed by atoms with Crippen molar-refractivity contribution >= 4 is 52.4 Å². The van der Waals surface area contributed by atoms with Gasteiger partial charge in [-0.2, -0.15) is 0 Å². The number of furan rings is 1. The number of carbonyl (C=O) groups excluding carboxylic acids is 3. The molecule has 0 unspecified atom stereocenters. The predicted molar refractivity (Wildman–Crippen MR) is 122 cm³/mol. The van der Waals surface area contributed by atoms with E-state index in [0.717, 1.165) is 0 Å². The highest BCUT2D eigenvalue weighted by Gasteiger charge is 2.22. The highest BCUT2D eigenvalue weighted by molar-refractivity contribution is 6.35. The average molecular weight is 493 g/mol. The van der Waals surface area contributed by atoms with Gasteiger partial charge in [0.25, 0.3) is 11.8 Å². The SMILES string of the molecule is COc1cc(NC(=O)c2ccco2)c(C(=O)OCC(=O)Nc2cc(Cl)ccc2Cl)cc1OC. The standard InChI is InChI=1S/C22H18Cl2N2O7/c1-30-18-9-13(15(10-19(18)31-2)26-21(28)17-4-3-7-32-17)22(29)33-11-20(27)25-16-8-12(23)5-6-14(16)24/h3-10H,11H2,1-2H3,(H,25,27)(H,26,28). The highest BCUT2D eigenvalue weighted by Crippen LogP contribution is 2.34. The van der Waals surface area contributed by atoms with Crippen molar-refractivity contribution in [2.24, 2.45) is 0 Å². The first kappa shape index (κ1) is 24.0. The summed E-state index contributed by atoms with van der Waals surface area (Å²) in [5.41, 5.74) is 0.265. The van der Waals surface area contributed by atoms with Gasteiger partial charge in [0.05, 0.1) is 42.4 Å². The third-order valence-corrected chi connectivity index (χ3v) is 4.84. The van der Waals surface area contributed by atoms with E-state index >= 15 is 0 Å². The fraction of sp³-hybridized carbons (Fsp3) is 0.136. The summed E-state index contributed by atoms with van der Waals surface area (Å²) in [6, 6.07) is 10.3. The number of nitrogens with one attached hydrogen (secondary N) is 2. The molecule has 0 aliphatic rings. The van der Waals surface area contributed by atoms with Gasteiger partial charge >= 0.3 is 5.97 Å². The minimum absolute atomic E-state index is 0.0295. The zero-order valence-corrected chi connectivity index (χ0v) is 19.0. The third kappa shape index (κ3) is 5.97. The topological polar surface area (TPSA) is 116 Å². The summed E-state index contributed by atoms with van der Waals surface area (Å²) in [4.78, 5) is 37.4. The summed E-state index contributed by atoms with van der Waals surface area (Å²) in [5, 5.41) is 5.70. The van der Waals surface area contributed by atoms with Gasteiger partial charge in [0, 0.05) is 17.2 Å². The molecule has 2 N–H and O–H groups in total. The number of carbonyl (C=O) groups is 3. The summed E-state index contributed by atoms with van der Waals surface area (Å²) < 4.78 is 20.6. The Bertz CT molecular complexity index is 1180. The lowest BCUT2D eigenvalue weighted by Crippen LogP contribution is -2.22. The molecule has 0 aliphatic carbocycles. The number of hydrogen-bond donors (Lipinski definition) is 2. The number of methoxy groups -OCH3 is 2. The second-order valence-corrected chi connectivity index (χ2v) is 7.28. The minimum atomic E-state index is -0.891. The van der Waals surface area contributed by atoms with Crippen molar-refractivity contribution < 1.29 is 33.0 Å². The van der Waals surface area contributed by atoms with Crippen LogP contribution in [0.3, 0.4) is 0 Å². The lowest BCUT2D eigenvalue weighted by atomic mass is 10.1. The van der Waals surface area contributed by atoms with Crippen LogP contribution in [0.1, 0.15) is 20.9 Å². The Labute approximate surface area is 198 Å². The highest BCUT2D eigenvalue weighted by atomic mass is 35.5. The third-order valence-electron chi connectivity index (χ3n) is 4.27. The van der Waals surface area contributed by atoms with Crippen LogP contribution in [0.15, 0.2) is 53.1 Å². The van der Waals surface area contributed by atoms with Crippen molar-refractivity contribution in [3.8, 4) is 11.5 Å². The molecule has 3 rings (SSSR count). The monoisotopic (exact) mass is 492 g/mol. The molecular weight excluding hydrogens is 475 g/mol. The second-order valence-electron chi connectivity index (χ2n) is 6.43. The van der Waals surface area contributed by atoms with Crippen LogP contribution < -0.4 is 20.1 Å². The summed E-state index contributed by atoms with van der Waals surface area (Å²) >= 11 is 11.9. The van der Waals surface area contributed by atoms with Gasteiger partial charge in [-0.05, 0) is 30.3 Å². The Hall–Kier alpha value is -3.69. The van der Waals surface area contributed by atoms with Crippen molar-refractivity contribution in [3.05, 3.63) is 70.1 Å². The van der Waals surface area contributed by atoms with Crippen LogP contribution in [0.5, 0.6) is 11.5 Å². The number of amides is 2. The Balaban J connectivity index is 1.78. The summed E-state index contributed by atoms with van der Waals surface area (Å²) in [6.45, 7) is -0.623. The van der Waals surface area contributed by atoms with E-state index in [1.54, 1.807) is 12.1 Å². The molecule has 1 aromatic heterocycles. The van der Waals surface area contributed by atoms with E-state index in [0.29, 0.717) is 5.02 Å². The quantitative estimate of drug-likeness (QED) is 0.439. The summed E-state index contributed by atoms with van der Waals surface area (Å²) in [7, 11) is 2.79. The maximum absolute atomic E-state index is 12.8. The van der Waals surface area contributed by atoms with Crippen LogP contribution in [-0.2, 0) is 9.53 Å². The smallest absolute Gasteiger partial charge is 0.340 e. The van der Waals surface area contributed by atoms with Crippen LogP contribution in [0.25, 0.3) is 0 Å². The van der Waals surface area contributed by atoms with Gasteiger partial charge in [-0.15, -0.1) is 0 Å². The first-order valence-electron chi connectivity index (χ1n) is 9.35. The molecule has 0 aliphatic heterocycles. The Morgan fingerprint density at radius 3 is 2.33 bits per heavy atom. The van der Waals surface area contributed by atoms with E-state index in [4.69, 9.17) is 41.8 Å².